The van der Waals surface area contributed by atoms with Gasteiger partial charge in [0.1, 0.15) is 0 Å². The Kier molecular flexibility index (Phi) is 2.79. The second-order valence-electron chi connectivity index (χ2n) is 4.78. The molecule has 2 N–H and O–H groups in total. The Labute approximate surface area is 95.9 Å². The van der Waals surface area contributed by atoms with Gasteiger partial charge < -0.3 is 5.73 Å². The van der Waals surface area contributed by atoms with Crippen molar-refractivity contribution in [2.24, 2.45) is 5.73 Å². The van der Waals surface area contributed by atoms with Gasteiger partial charge in [-0.1, -0.05) is 12.1 Å². The van der Waals surface area contributed by atoms with E-state index in [0.29, 0.717) is 0 Å². The molecule has 0 aliphatic carbocycles. The zero-order valence-corrected chi connectivity index (χ0v) is 9.72. The Morgan fingerprint density at radius 3 is 2.44 bits per heavy atom. The van der Waals surface area contributed by atoms with Crippen LogP contribution in [0.5, 0.6) is 0 Å². The van der Waals surface area contributed by atoms with Gasteiger partial charge in [-0.3, -0.25) is 0 Å². The Balaban J connectivity index is 2.17. The highest BCUT2D eigenvalue weighted by Gasteiger charge is 2.11. The number of hydrogen-bond acceptors (Lipinski definition) is 2. The fourth-order valence-electron chi connectivity index (χ4n) is 1.71. The summed E-state index contributed by atoms with van der Waals surface area (Å²) in [6.07, 6.45) is 4.59. The van der Waals surface area contributed by atoms with Gasteiger partial charge in [-0.05, 0) is 44.0 Å². The lowest BCUT2D eigenvalue weighted by Crippen LogP contribution is -2.34. The molecule has 0 atom stereocenters. The molecule has 1 heterocycles. The molecule has 0 amide bonds. The maximum Gasteiger partial charge on any atom is 0.0645 e. The normalized spacial score (nSPS) is 11.7. The lowest BCUT2D eigenvalue weighted by atomic mass is 9.96. The topological polar surface area (TPSA) is 43.8 Å². The minimum Gasteiger partial charge on any atom is -0.325 e. The van der Waals surface area contributed by atoms with E-state index in [-0.39, 0.29) is 5.54 Å². The number of hydrogen-bond donors (Lipinski definition) is 1. The summed E-state index contributed by atoms with van der Waals surface area (Å²) in [7, 11) is 0. The SMILES string of the molecule is CC(C)(N)Cc1ccc(-n2cccn2)cc1. The largest absolute Gasteiger partial charge is 0.325 e. The van der Waals surface area contributed by atoms with Crippen molar-refractivity contribution in [3.8, 4) is 5.69 Å². The number of nitrogens with two attached hydrogens (primary N) is 1. The molecule has 1 aromatic carbocycles. The van der Waals surface area contributed by atoms with Gasteiger partial charge >= 0.3 is 0 Å². The first kappa shape index (κ1) is 10.9. The third kappa shape index (κ3) is 2.70. The fraction of sp³-hybridized carbons (Fsp3) is 0.308. The molecule has 0 spiro atoms. The number of rotatable bonds is 3. The van der Waals surface area contributed by atoms with Gasteiger partial charge in [-0.25, -0.2) is 4.68 Å². The van der Waals surface area contributed by atoms with Gasteiger partial charge in [0.05, 0.1) is 5.69 Å². The highest BCUT2D eigenvalue weighted by atomic mass is 15.3. The molecular weight excluding hydrogens is 198 g/mol. The van der Waals surface area contributed by atoms with Crippen LogP contribution in [0.15, 0.2) is 42.7 Å². The Morgan fingerprint density at radius 2 is 1.94 bits per heavy atom. The molecule has 0 bridgehead atoms. The molecule has 84 valence electrons. The van der Waals surface area contributed by atoms with E-state index < -0.39 is 0 Å². The maximum absolute atomic E-state index is 5.98. The predicted octanol–water partition coefficient (Wildman–Crippen LogP) is 2.15. The standard InChI is InChI=1S/C13H17N3/c1-13(2,14)10-11-4-6-12(7-5-11)16-9-3-8-15-16/h3-9H,10,14H2,1-2H3. The highest BCUT2D eigenvalue weighted by molar-refractivity contribution is 5.34. The molecule has 3 nitrogen and oxygen atoms in total. The molecule has 0 aliphatic rings. The predicted molar refractivity (Wildman–Crippen MR) is 65.5 cm³/mol. The van der Waals surface area contributed by atoms with Gasteiger partial charge in [0.15, 0.2) is 0 Å². The van der Waals surface area contributed by atoms with E-state index in [9.17, 15) is 0 Å². The maximum atomic E-state index is 5.98. The van der Waals surface area contributed by atoms with Crippen LogP contribution in [0.1, 0.15) is 19.4 Å². The average molecular weight is 215 g/mol. The van der Waals surface area contributed by atoms with E-state index in [1.54, 1.807) is 6.20 Å². The van der Waals surface area contributed by atoms with Gasteiger partial charge in [0, 0.05) is 17.9 Å². The first-order valence-electron chi connectivity index (χ1n) is 5.42. The Morgan fingerprint density at radius 1 is 1.25 bits per heavy atom. The number of nitrogens with zero attached hydrogens (tertiary/aromatic N) is 2. The van der Waals surface area contributed by atoms with E-state index in [1.165, 1.54) is 5.56 Å². The molecule has 16 heavy (non-hydrogen) atoms. The zero-order chi connectivity index (χ0) is 11.6. The van der Waals surface area contributed by atoms with Gasteiger partial charge in [0.2, 0.25) is 0 Å². The van der Waals surface area contributed by atoms with Crippen LogP contribution < -0.4 is 5.73 Å². The van der Waals surface area contributed by atoms with E-state index in [4.69, 9.17) is 5.73 Å². The minimum atomic E-state index is -0.160. The molecule has 0 aliphatic heterocycles. The summed E-state index contributed by atoms with van der Waals surface area (Å²) in [6.45, 7) is 4.07. The molecule has 0 saturated carbocycles. The molecule has 3 heteroatoms. The monoisotopic (exact) mass is 215 g/mol. The Bertz CT molecular complexity index is 435. The van der Waals surface area contributed by atoms with Gasteiger partial charge in [0.25, 0.3) is 0 Å². The van der Waals surface area contributed by atoms with E-state index >= 15 is 0 Å². The quantitative estimate of drug-likeness (QED) is 0.852. The van der Waals surface area contributed by atoms with E-state index in [1.807, 2.05) is 30.8 Å². The van der Waals surface area contributed by atoms with Crippen LogP contribution in [0.3, 0.4) is 0 Å². The fourth-order valence-corrected chi connectivity index (χ4v) is 1.71. The summed E-state index contributed by atoms with van der Waals surface area (Å²) in [5.74, 6) is 0. The summed E-state index contributed by atoms with van der Waals surface area (Å²) in [5, 5.41) is 4.18. The van der Waals surface area contributed by atoms with Crippen LogP contribution >= 0.6 is 0 Å². The van der Waals surface area contributed by atoms with Crippen molar-refractivity contribution in [1.82, 2.24) is 9.78 Å². The van der Waals surface area contributed by atoms with Crippen LogP contribution in [0.25, 0.3) is 5.69 Å². The molecule has 2 aromatic rings. The lowest BCUT2D eigenvalue weighted by Gasteiger charge is -2.18. The third-order valence-corrected chi connectivity index (χ3v) is 2.37. The molecule has 0 unspecified atom stereocenters. The summed E-state index contributed by atoms with van der Waals surface area (Å²) < 4.78 is 1.84. The van der Waals surface area contributed by atoms with Crippen molar-refractivity contribution >= 4 is 0 Å². The summed E-state index contributed by atoms with van der Waals surface area (Å²) in [5.41, 5.74) is 8.15. The van der Waals surface area contributed by atoms with Crippen molar-refractivity contribution < 1.29 is 0 Å². The van der Waals surface area contributed by atoms with Crippen LogP contribution in [0.4, 0.5) is 0 Å². The lowest BCUT2D eigenvalue weighted by molar-refractivity contribution is 0.517. The van der Waals surface area contributed by atoms with Crippen LogP contribution in [-0.4, -0.2) is 15.3 Å². The van der Waals surface area contributed by atoms with Crippen molar-refractivity contribution in [2.75, 3.05) is 0 Å². The average Bonchev–Trinajstić information content (AvgIpc) is 2.69. The molecule has 1 aromatic heterocycles. The van der Waals surface area contributed by atoms with Crippen molar-refractivity contribution in [2.45, 2.75) is 25.8 Å². The highest BCUT2D eigenvalue weighted by Crippen LogP contribution is 2.13. The van der Waals surface area contributed by atoms with Crippen molar-refractivity contribution in [3.05, 3.63) is 48.3 Å². The minimum absolute atomic E-state index is 0.160. The van der Waals surface area contributed by atoms with Crippen LogP contribution in [0, 0.1) is 0 Å². The van der Waals surface area contributed by atoms with Crippen molar-refractivity contribution in [1.29, 1.82) is 0 Å². The molecule has 0 saturated heterocycles. The van der Waals surface area contributed by atoms with E-state index in [0.717, 1.165) is 12.1 Å². The van der Waals surface area contributed by atoms with Crippen LogP contribution in [-0.2, 0) is 6.42 Å². The summed E-state index contributed by atoms with van der Waals surface area (Å²) in [6, 6.07) is 10.2. The number of benzene rings is 1. The molecule has 0 radical (unpaired) electrons. The smallest absolute Gasteiger partial charge is 0.0645 e. The van der Waals surface area contributed by atoms with Gasteiger partial charge in [-0.2, -0.15) is 5.10 Å². The zero-order valence-electron chi connectivity index (χ0n) is 9.72. The first-order valence-corrected chi connectivity index (χ1v) is 5.42. The second-order valence-corrected chi connectivity index (χ2v) is 4.78. The molecule has 0 fully saturated rings. The summed E-state index contributed by atoms with van der Waals surface area (Å²) >= 11 is 0. The second kappa shape index (κ2) is 4.10. The molecule has 2 rings (SSSR count). The Hall–Kier alpha value is -1.61. The summed E-state index contributed by atoms with van der Waals surface area (Å²) in [4.78, 5) is 0. The van der Waals surface area contributed by atoms with Crippen molar-refractivity contribution in [3.63, 3.8) is 0 Å². The van der Waals surface area contributed by atoms with E-state index in [2.05, 4.69) is 29.4 Å². The first-order chi connectivity index (χ1) is 7.54. The van der Waals surface area contributed by atoms with Gasteiger partial charge in [-0.15, -0.1) is 0 Å². The van der Waals surface area contributed by atoms with Crippen LogP contribution in [0.2, 0.25) is 0 Å². The molecular formula is C13H17N3. The third-order valence-electron chi connectivity index (χ3n) is 2.37. The number of aromatic nitrogens is 2.